The van der Waals surface area contributed by atoms with Gasteiger partial charge in [-0.1, -0.05) is 0 Å². The van der Waals surface area contributed by atoms with Crippen LogP contribution in [0.4, 0.5) is 23.2 Å². The average molecular weight is 488 g/mol. The summed E-state index contributed by atoms with van der Waals surface area (Å²) in [6.07, 6.45) is -3.55. The summed E-state index contributed by atoms with van der Waals surface area (Å²) in [6, 6.07) is -1.51. The van der Waals surface area contributed by atoms with E-state index in [1.54, 1.807) is 6.92 Å². The van der Waals surface area contributed by atoms with Crippen LogP contribution in [0.1, 0.15) is 43.1 Å². The normalized spacial score (nSPS) is 15.9. The van der Waals surface area contributed by atoms with Gasteiger partial charge in [0.15, 0.2) is 11.6 Å². The van der Waals surface area contributed by atoms with Crippen LogP contribution in [0.25, 0.3) is 10.9 Å². The van der Waals surface area contributed by atoms with Gasteiger partial charge in [-0.05, 0) is 32.8 Å². The lowest BCUT2D eigenvalue weighted by Crippen LogP contribution is -2.38. The van der Waals surface area contributed by atoms with Crippen molar-refractivity contribution < 1.29 is 41.7 Å². The van der Waals surface area contributed by atoms with E-state index in [1.807, 2.05) is 0 Å². The highest BCUT2D eigenvalue weighted by Gasteiger charge is 2.39. The van der Waals surface area contributed by atoms with Crippen molar-refractivity contribution in [3.05, 3.63) is 33.9 Å². The standard InChI is InChI=1S/C22H24F4N2O6/c1-4-34-21(32)12-5-7-27(8-6-12)17-15(23)9-13-16(19(17)33-3)28(11(2)22(24,25)26)10-14(18(13)29)20(30)31/h9-12H,4-8H2,1-3H3,(H,30,31)/t11-/m1/s1. The lowest BCUT2D eigenvalue weighted by molar-refractivity contribution is -0.162. The summed E-state index contributed by atoms with van der Waals surface area (Å²) in [6.45, 7) is 3.07. The Hall–Kier alpha value is -3.31. The van der Waals surface area contributed by atoms with Crippen molar-refractivity contribution in [2.75, 3.05) is 31.7 Å². The van der Waals surface area contributed by atoms with Crippen LogP contribution in [0.15, 0.2) is 17.1 Å². The number of fused-ring (bicyclic) bond motifs is 1. The monoisotopic (exact) mass is 488 g/mol. The second kappa shape index (κ2) is 9.51. The van der Waals surface area contributed by atoms with E-state index in [9.17, 15) is 32.7 Å². The van der Waals surface area contributed by atoms with E-state index in [-0.39, 0.29) is 42.6 Å². The number of esters is 1. The van der Waals surface area contributed by atoms with Crippen LogP contribution < -0.4 is 15.1 Å². The number of hydrogen-bond acceptors (Lipinski definition) is 6. The summed E-state index contributed by atoms with van der Waals surface area (Å²) >= 11 is 0. The molecule has 12 heteroatoms. The number of carboxylic acid groups (broad SMARTS) is 1. The fourth-order valence-electron chi connectivity index (χ4n) is 4.15. The van der Waals surface area contributed by atoms with Crippen LogP contribution in [0.3, 0.4) is 0 Å². The fraction of sp³-hybridized carbons (Fsp3) is 0.500. The van der Waals surface area contributed by atoms with Gasteiger partial charge in [0.25, 0.3) is 0 Å². The van der Waals surface area contributed by atoms with Gasteiger partial charge in [-0.2, -0.15) is 13.2 Å². The Morgan fingerprint density at radius 1 is 1.26 bits per heavy atom. The molecule has 1 atom stereocenters. The number of piperidine rings is 1. The zero-order valence-electron chi connectivity index (χ0n) is 18.7. The van der Waals surface area contributed by atoms with Crippen molar-refractivity contribution in [2.45, 2.75) is 38.9 Å². The SMILES string of the molecule is CCOC(=O)C1CCN(c2c(F)cc3c(=O)c(C(=O)O)cn([C@H](C)C(F)(F)F)c3c2OC)CC1. The van der Waals surface area contributed by atoms with Gasteiger partial charge in [-0.15, -0.1) is 0 Å². The lowest BCUT2D eigenvalue weighted by atomic mass is 9.96. The Labute approximate surface area is 191 Å². The summed E-state index contributed by atoms with van der Waals surface area (Å²) < 4.78 is 67.1. The Morgan fingerprint density at radius 2 is 1.88 bits per heavy atom. The number of ether oxygens (including phenoxy) is 2. The minimum Gasteiger partial charge on any atom is -0.492 e. The first-order chi connectivity index (χ1) is 15.9. The summed E-state index contributed by atoms with van der Waals surface area (Å²) in [4.78, 5) is 37.8. The highest BCUT2D eigenvalue weighted by atomic mass is 19.4. The molecule has 0 aliphatic carbocycles. The minimum atomic E-state index is -4.80. The smallest absolute Gasteiger partial charge is 0.408 e. The molecule has 2 heterocycles. The zero-order valence-corrected chi connectivity index (χ0v) is 18.7. The van der Waals surface area contributed by atoms with Gasteiger partial charge in [-0.3, -0.25) is 9.59 Å². The van der Waals surface area contributed by atoms with Crippen LogP contribution in [0, 0.1) is 11.7 Å². The van der Waals surface area contributed by atoms with Crippen LogP contribution >= 0.6 is 0 Å². The molecule has 1 fully saturated rings. The quantitative estimate of drug-likeness (QED) is 0.489. The molecule has 1 aliphatic heterocycles. The van der Waals surface area contributed by atoms with Gasteiger partial charge in [-0.25, -0.2) is 9.18 Å². The number of carboxylic acids is 1. The Bertz CT molecular complexity index is 1170. The molecule has 1 saturated heterocycles. The number of benzene rings is 1. The van der Waals surface area contributed by atoms with E-state index in [1.165, 1.54) is 4.90 Å². The Balaban J connectivity index is 2.22. The summed E-state index contributed by atoms with van der Waals surface area (Å²) in [5.41, 5.74) is -2.58. The molecule has 0 bridgehead atoms. The van der Waals surface area contributed by atoms with E-state index < -0.39 is 46.3 Å². The predicted molar refractivity (Wildman–Crippen MR) is 114 cm³/mol. The number of methoxy groups -OCH3 is 1. The summed E-state index contributed by atoms with van der Waals surface area (Å²) in [5, 5.41) is 8.78. The highest BCUT2D eigenvalue weighted by Crippen LogP contribution is 2.42. The molecule has 1 aromatic carbocycles. The highest BCUT2D eigenvalue weighted by molar-refractivity contribution is 5.97. The summed E-state index contributed by atoms with van der Waals surface area (Å²) in [5.74, 6) is -3.78. The molecule has 2 aromatic rings. The first-order valence-corrected chi connectivity index (χ1v) is 10.6. The molecule has 0 amide bonds. The van der Waals surface area contributed by atoms with Crippen molar-refractivity contribution in [3.8, 4) is 5.75 Å². The molecule has 0 spiro atoms. The largest absolute Gasteiger partial charge is 0.492 e. The third-order valence-electron chi connectivity index (χ3n) is 5.95. The zero-order chi connectivity index (χ0) is 25.4. The van der Waals surface area contributed by atoms with Gasteiger partial charge in [0.2, 0.25) is 5.43 Å². The second-order valence-electron chi connectivity index (χ2n) is 7.95. The first-order valence-electron chi connectivity index (χ1n) is 10.6. The molecule has 186 valence electrons. The van der Waals surface area contributed by atoms with Crippen molar-refractivity contribution in [3.63, 3.8) is 0 Å². The van der Waals surface area contributed by atoms with Crippen molar-refractivity contribution in [1.29, 1.82) is 0 Å². The van der Waals surface area contributed by atoms with E-state index >= 15 is 4.39 Å². The first kappa shape index (κ1) is 25.3. The second-order valence-corrected chi connectivity index (χ2v) is 7.95. The molecular formula is C22H24F4N2O6. The maximum Gasteiger partial charge on any atom is 0.408 e. The molecular weight excluding hydrogens is 464 g/mol. The van der Waals surface area contributed by atoms with Crippen molar-refractivity contribution in [2.24, 2.45) is 5.92 Å². The van der Waals surface area contributed by atoms with Crippen LogP contribution in [0.5, 0.6) is 5.75 Å². The number of pyridine rings is 1. The molecule has 34 heavy (non-hydrogen) atoms. The molecule has 3 rings (SSSR count). The van der Waals surface area contributed by atoms with Crippen molar-refractivity contribution >= 4 is 28.5 Å². The maximum atomic E-state index is 15.3. The topological polar surface area (TPSA) is 98.1 Å². The molecule has 0 saturated carbocycles. The molecule has 0 unspecified atom stereocenters. The van der Waals surface area contributed by atoms with Gasteiger partial charge in [0, 0.05) is 19.3 Å². The van der Waals surface area contributed by atoms with E-state index in [0.717, 1.165) is 20.1 Å². The number of rotatable bonds is 6. The van der Waals surface area contributed by atoms with Crippen LogP contribution in [-0.2, 0) is 9.53 Å². The van der Waals surface area contributed by atoms with Crippen LogP contribution in [0.2, 0.25) is 0 Å². The number of halogens is 4. The summed E-state index contributed by atoms with van der Waals surface area (Å²) in [7, 11) is 1.13. The molecule has 0 radical (unpaired) electrons. The number of aromatic carboxylic acids is 1. The minimum absolute atomic E-state index is 0.164. The number of carbonyl (C=O) groups is 2. The van der Waals surface area contributed by atoms with Crippen LogP contribution in [-0.4, -0.2) is 54.6 Å². The third-order valence-corrected chi connectivity index (χ3v) is 5.95. The Kier molecular flexibility index (Phi) is 7.08. The molecule has 8 nitrogen and oxygen atoms in total. The van der Waals surface area contributed by atoms with E-state index in [4.69, 9.17) is 9.47 Å². The van der Waals surface area contributed by atoms with Gasteiger partial charge >= 0.3 is 18.1 Å². The van der Waals surface area contributed by atoms with Gasteiger partial charge in [0.1, 0.15) is 17.3 Å². The number of hydrogen-bond donors (Lipinski definition) is 1. The lowest BCUT2D eigenvalue weighted by Gasteiger charge is -2.34. The fourth-order valence-corrected chi connectivity index (χ4v) is 4.15. The third kappa shape index (κ3) is 4.53. The molecule has 1 aliphatic rings. The van der Waals surface area contributed by atoms with E-state index in [0.29, 0.717) is 23.6 Å². The average Bonchev–Trinajstić information content (AvgIpc) is 2.77. The molecule has 1 aromatic heterocycles. The number of nitrogens with zero attached hydrogens (tertiary/aromatic N) is 2. The number of anilines is 1. The van der Waals surface area contributed by atoms with Gasteiger partial charge < -0.3 is 24.0 Å². The Morgan fingerprint density at radius 3 is 2.38 bits per heavy atom. The predicted octanol–water partition coefficient (Wildman–Crippen LogP) is 3.75. The van der Waals surface area contributed by atoms with Crippen molar-refractivity contribution in [1.82, 2.24) is 4.57 Å². The molecule has 1 N–H and O–H groups in total. The maximum absolute atomic E-state index is 15.3. The number of aromatic nitrogens is 1. The number of alkyl halides is 3. The van der Waals surface area contributed by atoms with Gasteiger partial charge in [0.05, 0.1) is 30.5 Å². The van der Waals surface area contributed by atoms with E-state index in [2.05, 4.69) is 0 Å². The number of carbonyl (C=O) groups excluding carboxylic acids is 1.